The Labute approximate surface area is 136 Å². The maximum absolute atomic E-state index is 12.2. The van der Waals surface area contributed by atoms with E-state index in [2.05, 4.69) is 10.4 Å². The Morgan fingerprint density at radius 2 is 2.22 bits per heavy atom. The Kier molecular flexibility index (Phi) is 5.10. The molecule has 1 fully saturated rings. The van der Waals surface area contributed by atoms with Crippen molar-refractivity contribution in [1.82, 2.24) is 15.1 Å². The van der Waals surface area contributed by atoms with Crippen molar-refractivity contribution in [2.24, 2.45) is 0 Å². The molecule has 0 aromatic carbocycles. The highest BCUT2D eigenvalue weighted by Gasteiger charge is 2.24. The smallest absolute Gasteiger partial charge is 0.267 e. The van der Waals surface area contributed by atoms with E-state index in [0.29, 0.717) is 13.2 Å². The van der Waals surface area contributed by atoms with Crippen LogP contribution < -0.4 is 10.9 Å². The molecule has 6 nitrogen and oxygen atoms in total. The molecule has 2 atom stereocenters. The summed E-state index contributed by atoms with van der Waals surface area (Å²) in [7, 11) is 0. The highest BCUT2D eigenvalue weighted by Crippen LogP contribution is 2.17. The van der Waals surface area contributed by atoms with E-state index < -0.39 is 0 Å². The molecule has 1 N–H and O–H groups in total. The molecule has 0 spiro atoms. The number of aryl methyl sites for hydroxylation is 2. The number of nitrogens with one attached hydrogen (secondary N) is 1. The van der Waals surface area contributed by atoms with Gasteiger partial charge >= 0.3 is 0 Å². The van der Waals surface area contributed by atoms with Crippen LogP contribution in [0.5, 0.6) is 0 Å². The van der Waals surface area contributed by atoms with Crippen LogP contribution in [0.25, 0.3) is 0 Å². The van der Waals surface area contributed by atoms with Crippen molar-refractivity contribution in [3.63, 3.8) is 0 Å². The Morgan fingerprint density at radius 3 is 3.00 bits per heavy atom. The fraction of sp³-hybridized carbons (Fsp3) is 0.706. The van der Waals surface area contributed by atoms with Gasteiger partial charge in [-0.15, -0.1) is 0 Å². The van der Waals surface area contributed by atoms with Crippen molar-refractivity contribution in [1.29, 1.82) is 0 Å². The molecule has 2 aliphatic rings. The first-order valence-corrected chi connectivity index (χ1v) is 8.65. The third kappa shape index (κ3) is 3.99. The summed E-state index contributed by atoms with van der Waals surface area (Å²) in [6.07, 6.45) is 6.70. The SMILES string of the molecule is C[C@H](Cn1nc2c(cc1=O)CCCCC2)NC(=O)C1CCCO1. The standard InChI is InChI=1S/C17H25N3O3/c1-12(18-17(22)15-8-5-9-23-15)11-20-16(21)10-13-6-3-2-4-7-14(13)19-20/h10,12,15H,2-9,11H2,1H3,(H,18,22)/t12-,15?/m1/s1. The van der Waals surface area contributed by atoms with Crippen LogP contribution in [0.3, 0.4) is 0 Å². The van der Waals surface area contributed by atoms with Crippen molar-refractivity contribution in [2.45, 2.75) is 70.6 Å². The number of hydrogen-bond acceptors (Lipinski definition) is 4. The molecule has 0 saturated carbocycles. The molecular formula is C17H25N3O3. The third-order valence-corrected chi connectivity index (χ3v) is 4.58. The second-order valence-corrected chi connectivity index (χ2v) is 6.61. The molecule has 1 aromatic rings. The summed E-state index contributed by atoms with van der Waals surface area (Å²) in [5.74, 6) is -0.0854. The lowest BCUT2D eigenvalue weighted by molar-refractivity contribution is -0.130. The first-order chi connectivity index (χ1) is 11.1. The Hall–Kier alpha value is -1.69. The van der Waals surface area contributed by atoms with E-state index in [1.54, 1.807) is 6.07 Å². The fourth-order valence-electron chi connectivity index (χ4n) is 3.33. The number of hydrogen-bond donors (Lipinski definition) is 1. The molecule has 1 aromatic heterocycles. The Bertz CT molecular complexity index is 620. The number of aromatic nitrogens is 2. The van der Waals surface area contributed by atoms with Gasteiger partial charge in [0, 0.05) is 18.7 Å². The van der Waals surface area contributed by atoms with Crippen molar-refractivity contribution in [2.75, 3.05) is 6.61 Å². The molecule has 2 heterocycles. The average molecular weight is 319 g/mol. The van der Waals surface area contributed by atoms with Gasteiger partial charge in [-0.1, -0.05) is 6.42 Å². The second kappa shape index (κ2) is 7.25. The van der Waals surface area contributed by atoms with Gasteiger partial charge in [-0.2, -0.15) is 5.10 Å². The molecule has 23 heavy (non-hydrogen) atoms. The third-order valence-electron chi connectivity index (χ3n) is 4.58. The summed E-state index contributed by atoms with van der Waals surface area (Å²) >= 11 is 0. The molecule has 6 heteroatoms. The normalized spacial score (nSPS) is 22.2. The van der Waals surface area contributed by atoms with E-state index >= 15 is 0 Å². The summed E-state index contributed by atoms with van der Waals surface area (Å²) in [5.41, 5.74) is 2.06. The van der Waals surface area contributed by atoms with Crippen LogP contribution in [-0.4, -0.2) is 34.4 Å². The van der Waals surface area contributed by atoms with Gasteiger partial charge in [0.15, 0.2) is 0 Å². The lowest BCUT2D eigenvalue weighted by Gasteiger charge is -2.18. The number of fused-ring (bicyclic) bond motifs is 1. The predicted octanol–water partition coefficient (Wildman–Crippen LogP) is 1.20. The topological polar surface area (TPSA) is 73.2 Å². The maximum atomic E-state index is 12.2. The Balaban J connectivity index is 1.66. The largest absolute Gasteiger partial charge is 0.368 e. The highest BCUT2D eigenvalue weighted by molar-refractivity contribution is 5.81. The second-order valence-electron chi connectivity index (χ2n) is 6.61. The van der Waals surface area contributed by atoms with Gasteiger partial charge < -0.3 is 10.1 Å². The van der Waals surface area contributed by atoms with E-state index in [-0.39, 0.29) is 23.6 Å². The van der Waals surface area contributed by atoms with Crippen LogP contribution in [0, 0.1) is 0 Å². The number of ether oxygens (including phenoxy) is 1. The zero-order valence-electron chi connectivity index (χ0n) is 13.7. The van der Waals surface area contributed by atoms with Gasteiger partial charge in [0.2, 0.25) is 5.91 Å². The van der Waals surface area contributed by atoms with Crippen LogP contribution >= 0.6 is 0 Å². The first kappa shape index (κ1) is 16.2. The van der Waals surface area contributed by atoms with E-state index in [1.165, 1.54) is 11.1 Å². The summed E-state index contributed by atoms with van der Waals surface area (Å²) in [4.78, 5) is 24.3. The summed E-state index contributed by atoms with van der Waals surface area (Å²) in [5, 5.41) is 7.47. The molecule has 1 aliphatic carbocycles. The first-order valence-electron chi connectivity index (χ1n) is 8.65. The molecule has 1 amide bonds. The molecular weight excluding hydrogens is 294 g/mol. The van der Waals surface area contributed by atoms with Gasteiger partial charge in [0.1, 0.15) is 6.10 Å². The monoisotopic (exact) mass is 319 g/mol. The van der Waals surface area contributed by atoms with E-state index in [1.807, 2.05) is 6.92 Å². The van der Waals surface area contributed by atoms with Crippen molar-refractivity contribution in [3.05, 3.63) is 27.7 Å². The van der Waals surface area contributed by atoms with Crippen LogP contribution in [0.4, 0.5) is 0 Å². The van der Waals surface area contributed by atoms with Gasteiger partial charge in [-0.05, 0) is 51.0 Å². The zero-order chi connectivity index (χ0) is 16.2. The predicted molar refractivity (Wildman–Crippen MR) is 86.3 cm³/mol. The van der Waals surface area contributed by atoms with Crippen LogP contribution in [-0.2, 0) is 28.9 Å². The molecule has 3 rings (SSSR count). The molecule has 1 unspecified atom stereocenters. The summed E-state index contributed by atoms with van der Waals surface area (Å²) in [6.45, 7) is 2.94. The quantitative estimate of drug-likeness (QED) is 0.846. The Morgan fingerprint density at radius 1 is 1.39 bits per heavy atom. The lowest BCUT2D eigenvalue weighted by atomic mass is 10.1. The van der Waals surface area contributed by atoms with E-state index in [9.17, 15) is 9.59 Å². The van der Waals surface area contributed by atoms with Gasteiger partial charge in [0.05, 0.1) is 12.2 Å². The van der Waals surface area contributed by atoms with Gasteiger partial charge in [-0.25, -0.2) is 4.68 Å². The highest BCUT2D eigenvalue weighted by atomic mass is 16.5. The van der Waals surface area contributed by atoms with Crippen molar-refractivity contribution < 1.29 is 9.53 Å². The number of carbonyl (C=O) groups excluding carboxylic acids is 1. The molecule has 1 aliphatic heterocycles. The van der Waals surface area contributed by atoms with Crippen LogP contribution in [0.1, 0.15) is 50.3 Å². The maximum Gasteiger partial charge on any atom is 0.267 e. The van der Waals surface area contributed by atoms with E-state index in [0.717, 1.165) is 49.8 Å². The molecule has 126 valence electrons. The average Bonchev–Trinajstić information content (AvgIpc) is 2.96. The van der Waals surface area contributed by atoms with Crippen molar-refractivity contribution >= 4 is 5.91 Å². The minimum Gasteiger partial charge on any atom is -0.368 e. The molecule has 0 bridgehead atoms. The number of nitrogens with zero attached hydrogens (tertiary/aromatic N) is 2. The zero-order valence-corrected chi connectivity index (χ0v) is 13.7. The van der Waals surface area contributed by atoms with Crippen LogP contribution in [0.2, 0.25) is 0 Å². The number of carbonyl (C=O) groups is 1. The number of rotatable bonds is 4. The summed E-state index contributed by atoms with van der Waals surface area (Å²) in [6, 6.07) is 1.57. The number of amides is 1. The van der Waals surface area contributed by atoms with Gasteiger partial charge in [0.25, 0.3) is 5.56 Å². The van der Waals surface area contributed by atoms with Crippen molar-refractivity contribution in [3.8, 4) is 0 Å². The minimum atomic E-state index is -0.339. The van der Waals surface area contributed by atoms with Crippen LogP contribution in [0.15, 0.2) is 10.9 Å². The van der Waals surface area contributed by atoms with E-state index in [4.69, 9.17) is 4.74 Å². The lowest BCUT2D eigenvalue weighted by Crippen LogP contribution is -2.43. The fourth-order valence-corrected chi connectivity index (χ4v) is 3.33. The molecule has 0 radical (unpaired) electrons. The minimum absolute atomic E-state index is 0.0798. The van der Waals surface area contributed by atoms with Gasteiger partial charge in [-0.3, -0.25) is 9.59 Å². The summed E-state index contributed by atoms with van der Waals surface area (Å²) < 4.78 is 6.87. The molecule has 1 saturated heterocycles.